The fourth-order valence-corrected chi connectivity index (χ4v) is 1.66. The molecule has 1 N–H and O–H groups in total. The average Bonchev–Trinajstić information content (AvgIpc) is 2.23. The normalized spacial score (nSPS) is 10.3. The Kier molecular flexibility index (Phi) is 2.73. The highest BCUT2D eigenvalue weighted by molar-refractivity contribution is 9.10. The van der Waals surface area contributed by atoms with Crippen LogP contribution in [0.5, 0.6) is 5.75 Å². The van der Waals surface area contributed by atoms with Gasteiger partial charge in [-0.05, 0) is 42.0 Å². The van der Waals surface area contributed by atoms with Crippen LogP contribution >= 0.6 is 15.9 Å². The lowest BCUT2D eigenvalue weighted by Gasteiger charge is -2.04. The van der Waals surface area contributed by atoms with Gasteiger partial charge in [0, 0.05) is 10.0 Å². The van der Waals surface area contributed by atoms with E-state index in [1.54, 1.807) is 24.3 Å². The van der Waals surface area contributed by atoms with Crippen molar-refractivity contribution >= 4 is 15.9 Å². The van der Waals surface area contributed by atoms with Gasteiger partial charge in [-0.15, -0.1) is 0 Å². The van der Waals surface area contributed by atoms with Crippen LogP contribution in [0.2, 0.25) is 0 Å². The van der Waals surface area contributed by atoms with Crippen LogP contribution in [0.3, 0.4) is 0 Å². The molecule has 3 heteroatoms. The molecule has 2 aromatic carbocycles. The molecule has 0 unspecified atom stereocenters. The van der Waals surface area contributed by atoms with Crippen LogP contribution < -0.4 is 0 Å². The first-order valence-electron chi connectivity index (χ1n) is 4.33. The summed E-state index contributed by atoms with van der Waals surface area (Å²) in [6, 6.07) is 12.0. The van der Waals surface area contributed by atoms with Gasteiger partial charge in [0.15, 0.2) is 0 Å². The third-order valence-electron chi connectivity index (χ3n) is 2.02. The second-order valence-corrected chi connectivity index (χ2v) is 4.00. The summed E-state index contributed by atoms with van der Waals surface area (Å²) in [4.78, 5) is 0. The maximum absolute atomic E-state index is 12.7. The van der Waals surface area contributed by atoms with Crippen molar-refractivity contribution in [2.75, 3.05) is 0 Å². The van der Waals surface area contributed by atoms with E-state index in [1.807, 2.05) is 0 Å². The van der Waals surface area contributed by atoms with Crippen molar-refractivity contribution in [3.8, 4) is 16.9 Å². The van der Waals surface area contributed by atoms with E-state index in [0.717, 1.165) is 4.47 Å². The van der Waals surface area contributed by atoms with Crippen molar-refractivity contribution in [1.82, 2.24) is 0 Å². The van der Waals surface area contributed by atoms with Crippen LogP contribution in [-0.4, -0.2) is 5.11 Å². The SMILES string of the molecule is Oc1ccc(Br)cc1-c1[c]cc(F)cc1. The number of rotatable bonds is 1. The van der Waals surface area contributed by atoms with Gasteiger partial charge in [-0.2, -0.15) is 0 Å². The number of aromatic hydroxyl groups is 1. The Hall–Kier alpha value is -1.35. The zero-order valence-electron chi connectivity index (χ0n) is 7.67. The summed E-state index contributed by atoms with van der Waals surface area (Å²) >= 11 is 3.31. The van der Waals surface area contributed by atoms with Gasteiger partial charge in [-0.25, -0.2) is 4.39 Å². The Labute approximate surface area is 95.3 Å². The van der Waals surface area contributed by atoms with E-state index in [2.05, 4.69) is 22.0 Å². The van der Waals surface area contributed by atoms with E-state index in [0.29, 0.717) is 11.1 Å². The zero-order chi connectivity index (χ0) is 10.8. The predicted octanol–water partition coefficient (Wildman–Crippen LogP) is 3.76. The fourth-order valence-electron chi connectivity index (χ4n) is 1.30. The molecule has 0 saturated heterocycles. The summed E-state index contributed by atoms with van der Waals surface area (Å²) in [6.45, 7) is 0. The van der Waals surface area contributed by atoms with Gasteiger partial charge in [-0.3, -0.25) is 0 Å². The molecule has 15 heavy (non-hydrogen) atoms. The van der Waals surface area contributed by atoms with E-state index >= 15 is 0 Å². The molecule has 0 aliphatic rings. The van der Waals surface area contributed by atoms with Crippen LogP contribution in [0.25, 0.3) is 11.1 Å². The smallest absolute Gasteiger partial charge is 0.123 e. The molecule has 0 atom stereocenters. The molecule has 0 aromatic heterocycles. The quantitative estimate of drug-likeness (QED) is 0.833. The first kappa shape index (κ1) is 10.2. The zero-order valence-corrected chi connectivity index (χ0v) is 9.25. The van der Waals surface area contributed by atoms with Gasteiger partial charge in [0.05, 0.1) is 0 Å². The van der Waals surface area contributed by atoms with Crippen LogP contribution in [0.15, 0.2) is 40.9 Å². The molecule has 1 radical (unpaired) electrons. The second-order valence-electron chi connectivity index (χ2n) is 3.08. The van der Waals surface area contributed by atoms with Crippen molar-refractivity contribution in [3.05, 3.63) is 52.8 Å². The molecule has 2 rings (SSSR count). The molecule has 75 valence electrons. The van der Waals surface area contributed by atoms with Crippen molar-refractivity contribution in [2.45, 2.75) is 0 Å². The number of hydrogen-bond donors (Lipinski definition) is 1. The highest BCUT2D eigenvalue weighted by atomic mass is 79.9. The van der Waals surface area contributed by atoms with Gasteiger partial charge in [-0.1, -0.05) is 22.0 Å². The Morgan fingerprint density at radius 1 is 1.20 bits per heavy atom. The molecule has 0 heterocycles. The van der Waals surface area contributed by atoms with E-state index in [9.17, 15) is 9.50 Å². The van der Waals surface area contributed by atoms with E-state index < -0.39 is 0 Å². The van der Waals surface area contributed by atoms with Crippen LogP contribution in [0.4, 0.5) is 4.39 Å². The molecule has 0 spiro atoms. The molecule has 0 saturated carbocycles. The van der Waals surface area contributed by atoms with Crippen molar-refractivity contribution in [3.63, 3.8) is 0 Å². The molecular formula is C12H7BrFO. The summed E-state index contributed by atoms with van der Waals surface area (Å²) in [6.07, 6.45) is 0. The molecule has 0 bridgehead atoms. The third-order valence-corrected chi connectivity index (χ3v) is 2.52. The minimum absolute atomic E-state index is 0.154. The van der Waals surface area contributed by atoms with E-state index in [1.165, 1.54) is 12.1 Å². The maximum Gasteiger partial charge on any atom is 0.123 e. The van der Waals surface area contributed by atoms with Crippen LogP contribution in [-0.2, 0) is 0 Å². The van der Waals surface area contributed by atoms with E-state index in [4.69, 9.17) is 0 Å². The largest absolute Gasteiger partial charge is 0.507 e. The van der Waals surface area contributed by atoms with Gasteiger partial charge >= 0.3 is 0 Å². The van der Waals surface area contributed by atoms with Gasteiger partial charge in [0.2, 0.25) is 0 Å². The summed E-state index contributed by atoms with van der Waals surface area (Å²) < 4.78 is 13.5. The lowest BCUT2D eigenvalue weighted by atomic mass is 10.1. The Morgan fingerprint density at radius 2 is 2.00 bits per heavy atom. The predicted molar refractivity (Wildman–Crippen MR) is 60.0 cm³/mol. The Bertz CT molecular complexity index is 479. The second kappa shape index (κ2) is 4.03. The highest BCUT2D eigenvalue weighted by Crippen LogP contribution is 2.31. The number of halogens is 2. The average molecular weight is 266 g/mol. The monoisotopic (exact) mass is 265 g/mol. The summed E-state index contributed by atoms with van der Waals surface area (Å²) in [5.74, 6) is -0.186. The molecular weight excluding hydrogens is 259 g/mol. The topological polar surface area (TPSA) is 20.2 Å². The Balaban J connectivity index is 2.53. The lowest BCUT2D eigenvalue weighted by molar-refractivity contribution is 0.477. The van der Waals surface area contributed by atoms with Crippen molar-refractivity contribution < 1.29 is 9.50 Å². The molecule has 0 amide bonds. The van der Waals surface area contributed by atoms with Crippen LogP contribution in [0, 0.1) is 11.9 Å². The summed E-state index contributed by atoms with van der Waals surface area (Å²) in [7, 11) is 0. The molecule has 0 fully saturated rings. The third kappa shape index (κ3) is 2.18. The first-order chi connectivity index (χ1) is 7.16. The number of hydrogen-bond acceptors (Lipinski definition) is 1. The summed E-state index contributed by atoms with van der Waals surface area (Å²) in [5, 5.41) is 9.62. The minimum atomic E-state index is -0.340. The van der Waals surface area contributed by atoms with Gasteiger partial charge < -0.3 is 5.11 Å². The fraction of sp³-hybridized carbons (Fsp3) is 0. The standard InChI is InChI=1S/C12H7BrFO/c13-9-3-6-12(15)11(7-9)8-1-4-10(14)5-2-8/h1,3-7,15H. The highest BCUT2D eigenvalue weighted by Gasteiger charge is 2.04. The molecule has 0 aliphatic heterocycles. The van der Waals surface area contributed by atoms with Crippen molar-refractivity contribution in [1.29, 1.82) is 0 Å². The maximum atomic E-state index is 12.7. The summed E-state index contributed by atoms with van der Waals surface area (Å²) in [5.41, 5.74) is 1.29. The molecule has 0 aliphatic carbocycles. The first-order valence-corrected chi connectivity index (χ1v) is 5.12. The number of phenols is 1. The minimum Gasteiger partial charge on any atom is -0.507 e. The van der Waals surface area contributed by atoms with Gasteiger partial charge in [0.1, 0.15) is 11.6 Å². The van der Waals surface area contributed by atoms with Crippen LogP contribution in [0.1, 0.15) is 0 Å². The number of phenolic OH excluding ortho intramolecular Hbond substituents is 1. The van der Waals surface area contributed by atoms with Crippen molar-refractivity contribution in [2.24, 2.45) is 0 Å². The molecule has 1 nitrogen and oxygen atoms in total. The lowest BCUT2D eigenvalue weighted by Crippen LogP contribution is -1.81. The molecule has 2 aromatic rings. The van der Waals surface area contributed by atoms with Gasteiger partial charge in [0.25, 0.3) is 0 Å². The van der Waals surface area contributed by atoms with E-state index in [-0.39, 0.29) is 11.6 Å². The number of benzene rings is 2. The Morgan fingerprint density at radius 3 is 2.67 bits per heavy atom.